The summed E-state index contributed by atoms with van der Waals surface area (Å²) in [4.78, 5) is 7.30. The topological polar surface area (TPSA) is 41.1 Å². The fourth-order valence-corrected chi connectivity index (χ4v) is 4.05. The van der Waals surface area contributed by atoms with E-state index >= 15 is 0 Å². The third-order valence-corrected chi connectivity index (χ3v) is 5.19. The van der Waals surface area contributed by atoms with Crippen LogP contribution in [0.4, 0.5) is 5.13 Å². The van der Waals surface area contributed by atoms with Gasteiger partial charge in [-0.05, 0) is 45.1 Å². The van der Waals surface area contributed by atoms with Crippen LogP contribution in [0.15, 0.2) is 0 Å². The van der Waals surface area contributed by atoms with Crippen molar-refractivity contribution in [2.75, 3.05) is 18.4 Å². The van der Waals surface area contributed by atoms with E-state index in [0.717, 1.165) is 17.0 Å². The fourth-order valence-electron chi connectivity index (χ4n) is 3.33. The van der Waals surface area contributed by atoms with Gasteiger partial charge in [-0.2, -0.15) is 4.37 Å². The maximum atomic E-state index is 4.63. The Hall–Kier alpha value is -0.680. The van der Waals surface area contributed by atoms with Crippen molar-refractivity contribution >= 4 is 16.7 Å². The van der Waals surface area contributed by atoms with Gasteiger partial charge in [-0.1, -0.05) is 0 Å². The highest BCUT2D eigenvalue weighted by atomic mass is 32.1. The Morgan fingerprint density at radius 3 is 3.00 bits per heavy atom. The van der Waals surface area contributed by atoms with Gasteiger partial charge in [0.15, 0.2) is 0 Å². The average molecular weight is 264 g/mol. The Kier molecular flexibility index (Phi) is 2.77. The van der Waals surface area contributed by atoms with Crippen molar-refractivity contribution in [3.05, 3.63) is 5.82 Å². The van der Waals surface area contributed by atoms with Crippen molar-refractivity contribution < 1.29 is 0 Å². The molecule has 1 saturated carbocycles. The Morgan fingerprint density at radius 1 is 1.17 bits per heavy atom. The monoisotopic (exact) mass is 264 g/mol. The standard InChI is InChI=1S/C13H20N4S/c1-2-11-8-10(5-7-17(11)6-1)14-13-15-12(16-18-13)9-3-4-9/h9-11H,1-8H2,(H,14,15,16)/t10-,11-/m1/s1. The molecular weight excluding hydrogens is 244 g/mol. The minimum atomic E-state index is 0.615. The lowest BCUT2D eigenvalue weighted by molar-refractivity contribution is 0.188. The molecule has 3 heterocycles. The van der Waals surface area contributed by atoms with Gasteiger partial charge in [0.2, 0.25) is 5.13 Å². The number of hydrogen-bond donors (Lipinski definition) is 1. The molecule has 98 valence electrons. The summed E-state index contributed by atoms with van der Waals surface area (Å²) in [5, 5.41) is 4.66. The van der Waals surface area contributed by atoms with Gasteiger partial charge in [-0.3, -0.25) is 0 Å². The molecular formula is C13H20N4S. The summed E-state index contributed by atoms with van der Waals surface area (Å²) >= 11 is 1.55. The first-order valence-corrected chi connectivity index (χ1v) is 8.00. The molecule has 0 spiro atoms. The van der Waals surface area contributed by atoms with Crippen LogP contribution in [0, 0.1) is 0 Å². The third-order valence-electron chi connectivity index (χ3n) is 4.53. The predicted octanol–water partition coefficient (Wildman–Crippen LogP) is 2.45. The van der Waals surface area contributed by atoms with Gasteiger partial charge in [0.1, 0.15) is 5.82 Å². The molecule has 3 fully saturated rings. The van der Waals surface area contributed by atoms with Gasteiger partial charge in [-0.25, -0.2) is 4.98 Å². The van der Waals surface area contributed by atoms with E-state index in [2.05, 4.69) is 19.6 Å². The summed E-state index contributed by atoms with van der Waals surface area (Å²) in [5.41, 5.74) is 0. The van der Waals surface area contributed by atoms with E-state index < -0.39 is 0 Å². The zero-order valence-electron chi connectivity index (χ0n) is 10.6. The Balaban J connectivity index is 1.38. The molecule has 2 atom stereocenters. The molecule has 0 unspecified atom stereocenters. The summed E-state index contributed by atoms with van der Waals surface area (Å²) < 4.78 is 4.47. The maximum Gasteiger partial charge on any atom is 0.202 e. The molecule has 1 aromatic rings. The second kappa shape index (κ2) is 4.46. The van der Waals surface area contributed by atoms with Crippen LogP contribution in [0.1, 0.15) is 50.3 Å². The van der Waals surface area contributed by atoms with Crippen molar-refractivity contribution in [2.24, 2.45) is 0 Å². The zero-order valence-corrected chi connectivity index (χ0v) is 11.5. The maximum absolute atomic E-state index is 4.63. The van der Waals surface area contributed by atoms with Crippen LogP contribution in [0.25, 0.3) is 0 Å². The highest BCUT2D eigenvalue weighted by Gasteiger charge is 2.32. The minimum absolute atomic E-state index is 0.615. The molecule has 0 radical (unpaired) electrons. The molecule has 4 rings (SSSR count). The summed E-state index contributed by atoms with van der Waals surface area (Å²) in [6.07, 6.45) is 7.91. The lowest BCUT2D eigenvalue weighted by Gasteiger charge is -2.34. The molecule has 1 N–H and O–H groups in total. The van der Waals surface area contributed by atoms with Crippen LogP contribution in [-0.2, 0) is 0 Å². The molecule has 1 aromatic heterocycles. The lowest BCUT2D eigenvalue weighted by Crippen LogP contribution is -2.42. The van der Waals surface area contributed by atoms with Crippen LogP contribution in [0.5, 0.6) is 0 Å². The van der Waals surface area contributed by atoms with E-state index in [1.807, 2.05) is 0 Å². The van der Waals surface area contributed by atoms with Crippen LogP contribution < -0.4 is 5.32 Å². The highest BCUT2D eigenvalue weighted by Crippen LogP contribution is 2.39. The van der Waals surface area contributed by atoms with Crippen LogP contribution in [0.3, 0.4) is 0 Å². The van der Waals surface area contributed by atoms with Gasteiger partial charge < -0.3 is 10.2 Å². The predicted molar refractivity (Wildman–Crippen MR) is 73.1 cm³/mol. The van der Waals surface area contributed by atoms with E-state index in [4.69, 9.17) is 0 Å². The minimum Gasteiger partial charge on any atom is -0.357 e. The number of fused-ring (bicyclic) bond motifs is 1. The molecule has 0 amide bonds. The van der Waals surface area contributed by atoms with Gasteiger partial charge in [0, 0.05) is 36.1 Å². The van der Waals surface area contributed by atoms with Crippen molar-refractivity contribution in [1.82, 2.24) is 14.3 Å². The molecule has 1 aliphatic carbocycles. The molecule has 0 bridgehead atoms. The van der Waals surface area contributed by atoms with Crippen LogP contribution >= 0.6 is 11.5 Å². The number of nitrogens with zero attached hydrogens (tertiary/aromatic N) is 3. The molecule has 18 heavy (non-hydrogen) atoms. The summed E-state index contributed by atoms with van der Waals surface area (Å²) in [7, 11) is 0. The molecule has 2 aliphatic heterocycles. The van der Waals surface area contributed by atoms with Gasteiger partial charge in [-0.15, -0.1) is 0 Å². The summed E-state index contributed by atoms with van der Waals surface area (Å²) in [6.45, 7) is 2.58. The van der Waals surface area contributed by atoms with Crippen LogP contribution in [0.2, 0.25) is 0 Å². The van der Waals surface area contributed by atoms with Crippen molar-refractivity contribution in [3.63, 3.8) is 0 Å². The molecule has 4 nitrogen and oxygen atoms in total. The summed E-state index contributed by atoms with van der Waals surface area (Å²) in [6, 6.07) is 1.44. The van der Waals surface area contributed by atoms with Crippen molar-refractivity contribution in [1.29, 1.82) is 0 Å². The number of piperidine rings is 1. The number of aromatic nitrogens is 2. The van der Waals surface area contributed by atoms with Crippen molar-refractivity contribution in [2.45, 2.75) is 56.5 Å². The smallest absolute Gasteiger partial charge is 0.202 e. The normalized spacial score (nSPS) is 32.4. The Labute approximate surface area is 112 Å². The third kappa shape index (κ3) is 2.14. The number of anilines is 1. The van der Waals surface area contributed by atoms with Crippen LogP contribution in [-0.4, -0.2) is 39.4 Å². The van der Waals surface area contributed by atoms with Gasteiger partial charge >= 0.3 is 0 Å². The van der Waals surface area contributed by atoms with E-state index in [0.29, 0.717) is 12.0 Å². The fraction of sp³-hybridized carbons (Fsp3) is 0.846. The second-order valence-corrected chi connectivity index (χ2v) is 6.68. The van der Waals surface area contributed by atoms with Gasteiger partial charge in [0.25, 0.3) is 0 Å². The van der Waals surface area contributed by atoms with Crippen molar-refractivity contribution in [3.8, 4) is 0 Å². The quantitative estimate of drug-likeness (QED) is 0.910. The Morgan fingerprint density at radius 2 is 2.11 bits per heavy atom. The molecule has 0 aromatic carbocycles. The van der Waals surface area contributed by atoms with E-state index in [-0.39, 0.29) is 0 Å². The van der Waals surface area contributed by atoms with E-state index in [1.54, 1.807) is 11.5 Å². The SMILES string of the molecule is C1C[C@@H]2C[C@H](Nc3nc(C4CC4)ns3)CCN2C1. The largest absolute Gasteiger partial charge is 0.357 e. The second-order valence-electron chi connectivity index (χ2n) is 5.93. The molecule has 2 saturated heterocycles. The van der Waals surface area contributed by atoms with Gasteiger partial charge in [0.05, 0.1) is 0 Å². The Bertz CT molecular complexity index is 428. The molecule has 5 heteroatoms. The molecule has 3 aliphatic rings. The summed E-state index contributed by atoms with van der Waals surface area (Å²) in [5.74, 6) is 1.76. The first-order chi connectivity index (χ1) is 8.88. The first kappa shape index (κ1) is 11.2. The lowest BCUT2D eigenvalue weighted by atomic mass is 9.98. The highest BCUT2D eigenvalue weighted by molar-refractivity contribution is 7.09. The first-order valence-electron chi connectivity index (χ1n) is 7.23. The number of hydrogen-bond acceptors (Lipinski definition) is 5. The zero-order chi connectivity index (χ0) is 11.9. The van der Waals surface area contributed by atoms with E-state index in [9.17, 15) is 0 Å². The number of nitrogens with one attached hydrogen (secondary N) is 1. The van der Waals surface area contributed by atoms with E-state index in [1.165, 1.54) is 51.6 Å². The number of rotatable bonds is 3. The average Bonchev–Trinajstić information content (AvgIpc) is 2.95.